The Morgan fingerprint density at radius 2 is 2.26 bits per heavy atom. The molecule has 6 heteroatoms. The molecule has 0 unspecified atom stereocenters. The summed E-state index contributed by atoms with van der Waals surface area (Å²) >= 11 is 0. The largest absolute Gasteiger partial charge is 0.315 e. The summed E-state index contributed by atoms with van der Waals surface area (Å²) in [4.78, 5) is 6.69. The highest BCUT2D eigenvalue weighted by molar-refractivity contribution is 5.02. The van der Waals surface area contributed by atoms with Gasteiger partial charge in [0.15, 0.2) is 0 Å². The van der Waals surface area contributed by atoms with E-state index in [1.165, 1.54) is 0 Å². The van der Waals surface area contributed by atoms with Gasteiger partial charge in [-0.3, -0.25) is 9.88 Å². The average Bonchev–Trinajstić information content (AvgIpc) is 2.92. The van der Waals surface area contributed by atoms with E-state index in [1.54, 1.807) is 0 Å². The first kappa shape index (κ1) is 12.3. The van der Waals surface area contributed by atoms with Crippen molar-refractivity contribution in [1.82, 2.24) is 30.0 Å². The molecule has 0 saturated heterocycles. The van der Waals surface area contributed by atoms with Gasteiger partial charge < -0.3 is 9.88 Å². The van der Waals surface area contributed by atoms with Crippen LogP contribution in [0.2, 0.25) is 0 Å². The zero-order valence-corrected chi connectivity index (χ0v) is 10.9. The second-order valence-corrected chi connectivity index (χ2v) is 4.71. The van der Waals surface area contributed by atoms with Gasteiger partial charge in [-0.15, -0.1) is 10.2 Å². The lowest BCUT2D eigenvalue weighted by Gasteiger charge is -2.26. The van der Waals surface area contributed by atoms with Crippen molar-refractivity contribution in [2.45, 2.75) is 19.6 Å². The Morgan fingerprint density at radius 1 is 1.26 bits per heavy atom. The first-order valence-corrected chi connectivity index (χ1v) is 6.61. The quantitative estimate of drug-likeness (QED) is 0.781. The van der Waals surface area contributed by atoms with Crippen LogP contribution >= 0.6 is 0 Å². The highest BCUT2D eigenvalue weighted by Crippen LogP contribution is 2.07. The lowest BCUT2D eigenvalue weighted by atomic mass is 10.3. The molecule has 1 aliphatic rings. The summed E-state index contributed by atoms with van der Waals surface area (Å²) in [6.45, 7) is 5.76. The minimum atomic E-state index is 0.824. The summed E-state index contributed by atoms with van der Waals surface area (Å²) < 4.78 is 2.12. The molecule has 0 amide bonds. The molecule has 0 saturated carbocycles. The summed E-state index contributed by atoms with van der Waals surface area (Å²) in [5.41, 5.74) is 1.08. The van der Waals surface area contributed by atoms with Crippen LogP contribution in [0, 0.1) is 0 Å². The van der Waals surface area contributed by atoms with Gasteiger partial charge in [-0.2, -0.15) is 0 Å². The standard InChI is InChI=1S/C13H18N6/c1-2-4-15-12(3-1)9-14-5-6-18-7-8-19-11-16-17-13(19)10-18/h1-4,11,14H,5-10H2. The van der Waals surface area contributed by atoms with E-state index in [4.69, 9.17) is 0 Å². The van der Waals surface area contributed by atoms with E-state index < -0.39 is 0 Å². The maximum Gasteiger partial charge on any atom is 0.147 e. The number of hydrogen-bond donors (Lipinski definition) is 1. The predicted octanol–water partition coefficient (Wildman–Crippen LogP) is 0.278. The van der Waals surface area contributed by atoms with E-state index in [9.17, 15) is 0 Å². The Morgan fingerprint density at radius 3 is 3.16 bits per heavy atom. The molecule has 1 N–H and O–H groups in total. The monoisotopic (exact) mass is 258 g/mol. The Labute approximate surface area is 112 Å². The number of aromatic nitrogens is 4. The maximum atomic E-state index is 4.29. The number of nitrogens with zero attached hydrogens (tertiary/aromatic N) is 5. The zero-order chi connectivity index (χ0) is 12.9. The van der Waals surface area contributed by atoms with Gasteiger partial charge in [-0.05, 0) is 12.1 Å². The molecule has 3 rings (SSSR count). The van der Waals surface area contributed by atoms with Gasteiger partial charge in [0.2, 0.25) is 0 Å². The van der Waals surface area contributed by atoms with Crippen molar-refractivity contribution in [3.05, 3.63) is 42.2 Å². The molecule has 0 aliphatic carbocycles. The maximum absolute atomic E-state index is 4.29. The Hall–Kier alpha value is -1.79. The van der Waals surface area contributed by atoms with Crippen molar-refractivity contribution < 1.29 is 0 Å². The third-order valence-corrected chi connectivity index (χ3v) is 3.35. The van der Waals surface area contributed by atoms with Crippen LogP contribution in [-0.2, 0) is 19.6 Å². The second kappa shape index (κ2) is 5.90. The van der Waals surface area contributed by atoms with Gasteiger partial charge >= 0.3 is 0 Å². The van der Waals surface area contributed by atoms with Crippen LogP contribution in [0.5, 0.6) is 0 Å². The minimum Gasteiger partial charge on any atom is -0.315 e. The fourth-order valence-electron chi connectivity index (χ4n) is 2.26. The highest BCUT2D eigenvalue weighted by atomic mass is 15.3. The van der Waals surface area contributed by atoms with Gasteiger partial charge in [0.25, 0.3) is 0 Å². The molecule has 19 heavy (non-hydrogen) atoms. The van der Waals surface area contributed by atoms with Crippen LogP contribution in [0.25, 0.3) is 0 Å². The minimum absolute atomic E-state index is 0.824. The third-order valence-electron chi connectivity index (χ3n) is 3.35. The lowest BCUT2D eigenvalue weighted by molar-refractivity contribution is 0.217. The van der Waals surface area contributed by atoms with Crippen molar-refractivity contribution in [2.75, 3.05) is 19.6 Å². The first-order chi connectivity index (χ1) is 9.42. The summed E-state index contributed by atoms with van der Waals surface area (Å²) in [6.07, 6.45) is 3.64. The van der Waals surface area contributed by atoms with Crippen molar-refractivity contribution in [2.24, 2.45) is 0 Å². The molecule has 0 aromatic carbocycles. The summed E-state index contributed by atoms with van der Waals surface area (Å²) in [5, 5.41) is 11.5. The third kappa shape index (κ3) is 3.15. The van der Waals surface area contributed by atoms with Gasteiger partial charge in [-0.1, -0.05) is 6.07 Å². The van der Waals surface area contributed by atoms with Gasteiger partial charge in [0.1, 0.15) is 12.2 Å². The van der Waals surface area contributed by atoms with Gasteiger partial charge in [0.05, 0.1) is 12.2 Å². The molecule has 0 fully saturated rings. The van der Waals surface area contributed by atoms with E-state index in [0.29, 0.717) is 0 Å². The van der Waals surface area contributed by atoms with E-state index in [0.717, 1.165) is 50.8 Å². The van der Waals surface area contributed by atoms with Crippen LogP contribution < -0.4 is 5.32 Å². The van der Waals surface area contributed by atoms with Gasteiger partial charge in [0, 0.05) is 38.9 Å². The molecule has 2 aromatic heterocycles. The molecule has 0 bridgehead atoms. The number of fused-ring (bicyclic) bond motifs is 1. The molecular weight excluding hydrogens is 240 g/mol. The van der Waals surface area contributed by atoms with Crippen LogP contribution in [0.15, 0.2) is 30.7 Å². The van der Waals surface area contributed by atoms with Gasteiger partial charge in [-0.25, -0.2) is 0 Å². The van der Waals surface area contributed by atoms with Crippen molar-refractivity contribution in [3.8, 4) is 0 Å². The summed E-state index contributed by atoms with van der Waals surface area (Å²) in [5.74, 6) is 1.07. The summed E-state index contributed by atoms with van der Waals surface area (Å²) in [7, 11) is 0. The first-order valence-electron chi connectivity index (χ1n) is 6.61. The number of hydrogen-bond acceptors (Lipinski definition) is 5. The number of rotatable bonds is 5. The van der Waals surface area contributed by atoms with E-state index in [2.05, 4.69) is 30.0 Å². The fourth-order valence-corrected chi connectivity index (χ4v) is 2.26. The SMILES string of the molecule is c1ccc(CNCCN2CCn3cnnc3C2)nc1. The molecule has 0 spiro atoms. The molecule has 6 nitrogen and oxygen atoms in total. The summed E-state index contributed by atoms with van der Waals surface area (Å²) in [6, 6.07) is 5.99. The Bertz CT molecular complexity index is 509. The molecule has 0 radical (unpaired) electrons. The normalized spacial score (nSPS) is 15.4. The topological polar surface area (TPSA) is 58.9 Å². The van der Waals surface area contributed by atoms with Crippen molar-refractivity contribution in [3.63, 3.8) is 0 Å². The number of pyridine rings is 1. The lowest BCUT2D eigenvalue weighted by Crippen LogP contribution is -2.38. The van der Waals surface area contributed by atoms with Crippen molar-refractivity contribution >= 4 is 0 Å². The Kier molecular flexibility index (Phi) is 3.81. The molecular formula is C13H18N6. The second-order valence-electron chi connectivity index (χ2n) is 4.71. The zero-order valence-electron chi connectivity index (χ0n) is 10.9. The molecule has 3 heterocycles. The highest BCUT2D eigenvalue weighted by Gasteiger charge is 2.16. The van der Waals surface area contributed by atoms with Crippen molar-refractivity contribution in [1.29, 1.82) is 0 Å². The Balaban J connectivity index is 1.40. The van der Waals surface area contributed by atoms with E-state index >= 15 is 0 Å². The number of nitrogens with one attached hydrogen (secondary N) is 1. The van der Waals surface area contributed by atoms with Crippen LogP contribution in [-0.4, -0.2) is 44.3 Å². The molecule has 100 valence electrons. The van der Waals surface area contributed by atoms with E-state index in [-0.39, 0.29) is 0 Å². The van der Waals surface area contributed by atoms with E-state index in [1.807, 2.05) is 30.7 Å². The van der Waals surface area contributed by atoms with Crippen LogP contribution in [0.1, 0.15) is 11.5 Å². The van der Waals surface area contributed by atoms with Crippen LogP contribution in [0.4, 0.5) is 0 Å². The molecule has 1 aliphatic heterocycles. The smallest absolute Gasteiger partial charge is 0.147 e. The predicted molar refractivity (Wildman–Crippen MR) is 71.2 cm³/mol. The average molecular weight is 258 g/mol. The van der Waals surface area contributed by atoms with Crippen LogP contribution in [0.3, 0.4) is 0 Å². The fraction of sp³-hybridized carbons (Fsp3) is 0.462. The molecule has 0 atom stereocenters. The molecule has 2 aromatic rings.